The van der Waals surface area contributed by atoms with Crippen molar-refractivity contribution < 1.29 is 9.13 Å². The molecule has 96 valence electrons. The third-order valence-corrected chi connectivity index (χ3v) is 2.59. The number of aryl methyl sites for hydroxylation is 1. The molecule has 0 amide bonds. The SMILES string of the molecule is CCCNCCCCOc1cccc(C)c1F. The zero-order chi connectivity index (χ0) is 12.5. The Balaban J connectivity index is 2.16. The summed E-state index contributed by atoms with van der Waals surface area (Å²) in [6.45, 7) is 6.54. The molecule has 0 radical (unpaired) electrons. The molecule has 1 rings (SSSR count). The minimum Gasteiger partial charge on any atom is -0.491 e. The lowest BCUT2D eigenvalue weighted by molar-refractivity contribution is 0.290. The molecule has 1 N–H and O–H groups in total. The summed E-state index contributed by atoms with van der Waals surface area (Å²) < 4.78 is 19.0. The second-order valence-electron chi connectivity index (χ2n) is 4.19. The predicted octanol–water partition coefficient (Wildman–Crippen LogP) is 3.29. The summed E-state index contributed by atoms with van der Waals surface area (Å²) in [6, 6.07) is 5.24. The first-order valence-electron chi connectivity index (χ1n) is 6.34. The van der Waals surface area contributed by atoms with Crippen molar-refractivity contribution in [2.75, 3.05) is 19.7 Å². The van der Waals surface area contributed by atoms with E-state index in [9.17, 15) is 4.39 Å². The first kappa shape index (κ1) is 14.0. The van der Waals surface area contributed by atoms with Crippen LogP contribution < -0.4 is 10.1 Å². The zero-order valence-electron chi connectivity index (χ0n) is 10.8. The van der Waals surface area contributed by atoms with Crippen molar-refractivity contribution in [1.82, 2.24) is 5.32 Å². The Bertz CT molecular complexity index is 328. The number of ether oxygens (including phenoxy) is 1. The number of benzene rings is 1. The average Bonchev–Trinajstić information content (AvgIpc) is 2.33. The first-order chi connectivity index (χ1) is 8.25. The molecule has 0 aliphatic carbocycles. The Morgan fingerprint density at radius 3 is 2.82 bits per heavy atom. The summed E-state index contributed by atoms with van der Waals surface area (Å²) in [5.74, 6) is 0.128. The maximum absolute atomic E-state index is 13.5. The zero-order valence-corrected chi connectivity index (χ0v) is 10.8. The third kappa shape index (κ3) is 5.18. The fraction of sp³-hybridized carbons (Fsp3) is 0.571. The number of unbranched alkanes of at least 4 members (excludes halogenated alkanes) is 1. The van der Waals surface area contributed by atoms with Crippen molar-refractivity contribution in [3.63, 3.8) is 0 Å². The van der Waals surface area contributed by atoms with Gasteiger partial charge in [-0.1, -0.05) is 19.1 Å². The summed E-state index contributed by atoms with van der Waals surface area (Å²) in [5.41, 5.74) is 0.632. The Hall–Kier alpha value is -1.09. The lowest BCUT2D eigenvalue weighted by Crippen LogP contribution is -2.16. The molecule has 0 saturated carbocycles. The van der Waals surface area contributed by atoms with Crippen LogP contribution in [0.3, 0.4) is 0 Å². The van der Waals surface area contributed by atoms with Gasteiger partial charge in [0.25, 0.3) is 0 Å². The summed E-state index contributed by atoms with van der Waals surface area (Å²) >= 11 is 0. The standard InChI is InChI=1S/C14H22FNO/c1-3-9-16-10-4-5-11-17-13-8-6-7-12(2)14(13)15/h6-8,16H,3-5,9-11H2,1-2H3. The number of hydrogen-bond donors (Lipinski definition) is 1. The van der Waals surface area contributed by atoms with Crippen LogP contribution in [0.15, 0.2) is 18.2 Å². The van der Waals surface area contributed by atoms with E-state index < -0.39 is 0 Å². The van der Waals surface area contributed by atoms with Crippen LogP contribution in [0.25, 0.3) is 0 Å². The molecule has 17 heavy (non-hydrogen) atoms. The molecule has 0 aromatic heterocycles. The fourth-order valence-corrected chi connectivity index (χ4v) is 1.57. The maximum Gasteiger partial charge on any atom is 0.167 e. The fourth-order valence-electron chi connectivity index (χ4n) is 1.57. The lowest BCUT2D eigenvalue weighted by Gasteiger charge is -2.08. The van der Waals surface area contributed by atoms with E-state index in [0.717, 1.165) is 32.4 Å². The van der Waals surface area contributed by atoms with Crippen molar-refractivity contribution in [3.05, 3.63) is 29.6 Å². The average molecular weight is 239 g/mol. The highest BCUT2D eigenvalue weighted by atomic mass is 19.1. The molecule has 2 nitrogen and oxygen atoms in total. The number of halogens is 1. The van der Waals surface area contributed by atoms with Crippen LogP contribution >= 0.6 is 0 Å². The largest absolute Gasteiger partial charge is 0.491 e. The van der Waals surface area contributed by atoms with Gasteiger partial charge in [0.15, 0.2) is 11.6 Å². The van der Waals surface area contributed by atoms with Gasteiger partial charge in [0.05, 0.1) is 6.61 Å². The first-order valence-corrected chi connectivity index (χ1v) is 6.34. The van der Waals surface area contributed by atoms with Gasteiger partial charge in [-0.15, -0.1) is 0 Å². The monoisotopic (exact) mass is 239 g/mol. The molecule has 0 atom stereocenters. The van der Waals surface area contributed by atoms with E-state index in [0.29, 0.717) is 17.9 Å². The maximum atomic E-state index is 13.5. The highest BCUT2D eigenvalue weighted by Crippen LogP contribution is 2.19. The van der Waals surface area contributed by atoms with Gasteiger partial charge in [-0.3, -0.25) is 0 Å². The van der Waals surface area contributed by atoms with E-state index in [1.807, 2.05) is 6.07 Å². The van der Waals surface area contributed by atoms with Crippen LogP contribution in [0.2, 0.25) is 0 Å². The van der Waals surface area contributed by atoms with E-state index in [4.69, 9.17) is 4.74 Å². The van der Waals surface area contributed by atoms with Gasteiger partial charge in [-0.05, 0) is 50.9 Å². The van der Waals surface area contributed by atoms with Crippen LogP contribution in [0, 0.1) is 12.7 Å². The van der Waals surface area contributed by atoms with Gasteiger partial charge in [0.1, 0.15) is 0 Å². The molecule has 1 aromatic carbocycles. The molecule has 0 heterocycles. The number of rotatable bonds is 8. The molecule has 0 aliphatic heterocycles. The van der Waals surface area contributed by atoms with Crippen molar-refractivity contribution in [1.29, 1.82) is 0 Å². The van der Waals surface area contributed by atoms with Crippen molar-refractivity contribution in [3.8, 4) is 5.75 Å². The van der Waals surface area contributed by atoms with Gasteiger partial charge < -0.3 is 10.1 Å². The Labute approximate surface area is 103 Å². The lowest BCUT2D eigenvalue weighted by atomic mass is 10.2. The van der Waals surface area contributed by atoms with Crippen LogP contribution in [0.1, 0.15) is 31.7 Å². The van der Waals surface area contributed by atoms with Crippen LogP contribution in [-0.2, 0) is 0 Å². The van der Waals surface area contributed by atoms with E-state index in [-0.39, 0.29) is 5.82 Å². The highest BCUT2D eigenvalue weighted by molar-refractivity contribution is 5.29. The normalized spacial score (nSPS) is 10.5. The minimum absolute atomic E-state index is 0.239. The molecule has 0 spiro atoms. The second-order valence-corrected chi connectivity index (χ2v) is 4.19. The van der Waals surface area contributed by atoms with Gasteiger partial charge >= 0.3 is 0 Å². The summed E-state index contributed by atoms with van der Waals surface area (Å²) in [6.07, 6.45) is 3.17. The molecule has 1 aromatic rings. The van der Waals surface area contributed by atoms with Gasteiger partial charge in [0, 0.05) is 0 Å². The number of hydrogen-bond acceptors (Lipinski definition) is 2. The topological polar surface area (TPSA) is 21.3 Å². The second kappa shape index (κ2) is 8.07. The summed E-state index contributed by atoms with van der Waals surface area (Å²) in [7, 11) is 0. The highest BCUT2D eigenvalue weighted by Gasteiger charge is 2.04. The Morgan fingerprint density at radius 2 is 2.06 bits per heavy atom. The van der Waals surface area contributed by atoms with E-state index >= 15 is 0 Å². The van der Waals surface area contributed by atoms with Crippen molar-refractivity contribution in [2.45, 2.75) is 33.1 Å². The van der Waals surface area contributed by atoms with Crippen molar-refractivity contribution >= 4 is 0 Å². The van der Waals surface area contributed by atoms with Crippen molar-refractivity contribution in [2.24, 2.45) is 0 Å². The molecule has 0 unspecified atom stereocenters. The van der Waals surface area contributed by atoms with E-state index in [2.05, 4.69) is 12.2 Å². The molecule has 0 fully saturated rings. The van der Waals surface area contributed by atoms with Crippen LogP contribution in [0.5, 0.6) is 5.75 Å². The van der Waals surface area contributed by atoms with Crippen LogP contribution in [-0.4, -0.2) is 19.7 Å². The molecular weight excluding hydrogens is 217 g/mol. The molecule has 3 heteroatoms. The van der Waals surface area contributed by atoms with Gasteiger partial charge in [0.2, 0.25) is 0 Å². The van der Waals surface area contributed by atoms with Gasteiger partial charge in [-0.2, -0.15) is 0 Å². The third-order valence-electron chi connectivity index (χ3n) is 2.59. The quantitative estimate of drug-likeness (QED) is 0.703. The number of nitrogens with one attached hydrogen (secondary N) is 1. The molecular formula is C14H22FNO. The predicted molar refractivity (Wildman–Crippen MR) is 69.0 cm³/mol. The Morgan fingerprint density at radius 1 is 1.24 bits per heavy atom. The molecule has 0 saturated heterocycles. The van der Waals surface area contributed by atoms with Crippen LogP contribution in [0.4, 0.5) is 4.39 Å². The van der Waals surface area contributed by atoms with E-state index in [1.165, 1.54) is 0 Å². The van der Waals surface area contributed by atoms with Gasteiger partial charge in [-0.25, -0.2) is 4.39 Å². The molecule has 0 aliphatic rings. The smallest absolute Gasteiger partial charge is 0.167 e. The molecule has 0 bridgehead atoms. The Kier molecular flexibility index (Phi) is 6.63. The summed E-state index contributed by atoms with van der Waals surface area (Å²) in [4.78, 5) is 0. The van der Waals surface area contributed by atoms with E-state index in [1.54, 1.807) is 19.1 Å². The summed E-state index contributed by atoms with van der Waals surface area (Å²) in [5, 5.41) is 3.32. The minimum atomic E-state index is -0.239.